The van der Waals surface area contributed by atoms with E-state index in [1.807, 2.05) is 12.1 Å². The summed E-state index contributed by atoms with van der Waals surface area (Å²) in [6.07, 6.45) is 0.659. The molecule has 0 aliphatic carbocycles. The molecule has 1 unspecified atom stereocenters. The Morgan fingerprint density at radius 3 is 2.65 bits per heavy atom. The standard InChI is InChI=1S/C18H21BrN4O3/c19-14-2-1-11-12(13(14)9-22-7-5-20-6-8-22)10-23(18(11)26)15-3-4-16(24)21-17(15)25/h1-2,15,20H,3-10H2,(H,21,24,25). The summed E-state index contributed by atoms with van der Waals surface area (Å²) in [5.41, 5.74) is 2.78. The van der Waals surface area contributed by atoms with E-state index in [9.17, 15) is 14.4 Å². The summed E-state index contributed by atoms with van der Waals surface area (Å²) < 4.78 is 0.993. The van der Waals surface area contributed by atoms with Crippen LogP contribution in [0.25, 0.3) is 0 Å². The van der Waals surface area contributed by atoms with Crippen molar-refractivity contribution in [2.24, 2.45) is 0 Å². The molecule has 0 aromatic heterocycles. The molecule has 0 spiro atoms. The number of hydrogen-bond donors (Lipinski definition) is 2. The van der Waals surface area contributed by atoms with Crippen LogP contribution in [0, 0.1) is 0 Å². The maximum Gasteiger partial charge on any atom is 0.255 e. The number of piperazine rings is 1. The molecule has 2 N–H and O–H groups in total. The third-order valence-corrected chi connectivity index (χ3v) is 6.11. The number of amides is 3. The van der Waals surface area contributed by atoms with E-state index in [4.69, 9.17) is 0 Å². The first kappa shape index (κ1) is 17.6. The Morgan fingerprint density at radius 1 is 1.15 bits per heavy atom. The summed E-state index contributed by atoms with van der Waals surface area (Å²) in [6.45, 7) is 5.08. The number of piperidine rings is 1. The molecule has 7 nitrogen and oxygen atoms in total. The third-order valence-electron chi connectivity index (χ3n) is 5.37. The second-order valence-corrected chi connectivity index (χ2v) is 7.83. The largest absolute Gasteiger partial charge is 0.322 e. The van der Waals surface area contributed by atoms with Gasteiger partial charge in [0.15, 0.2) is 0 Å². The van der Waals surface area contributed by atoms with Crippen LogP contribution < -0.4 is 10.6 Å². The van der Waals surface area contributed by atoms with Crippen molar-refractivity contribution >= 4 is 33.7 Å². The zero-order valence-corrected chi connectivity index (χ0v) is 16.0. The number of carbonyl (C=O) groups excluding carboxylic acids is 3. The fourth-order valence-corrected chi connectivity index (χ4v) is 4.43. The first-order valence-electron chi connectivity index (χ1n) is 8.92. The highest BCUT2D eigenvalue weighted by Gasteiger charge is 2.40. The van der Waals surface area contributed by atoms with Gasteiger partial charge in [0.1, 0.15) is 6.04 Å². The smallest absolute Gasteiger partial charge is 0.255 e. The van der Waals surface area contributed by atoms with Crippen LogP contribution in [0.4, 0.5) is 0 Å². The van der Waals surface area contributed by atoms with Crippen LogP contribution in [-0.2, 0) is 22.7 Å². The molecule has 2 saturated heterocycles. The van der Waals surface area contributed by atoms with Crippen molar-refractivity contribution in [3.8, 4) is 0 Å². The maximum absolute atomic E-state index is 12.9. The molecule has 3 heterocycles. The predicted octanol–water partition coefficient (Wildman–Crippen LogP) is 0.615. The van der Waals surface area contributed by atoms with Crippen LogP contribution in [0.3, 0.4) is 0 Å². The number of imide groups is 1. The Bertz CT molecular complexity index is 776. The SMILES string of the molecule is O=C1CCC(N2Cc3c(ccc(Br)c3CN3CCNCC3)C2=O)C(=O)N1. The number of benzene rings is 1. The molecule has 0 saturated carbocycles. The topological polar surface area (TPSA) is 81.8 Å². The number of carbonyl (C=O) groups is 3. The lowest BCUT2D eigenvalue weighted by atomic mass is 10.0. The number of halogens is 1. The second-order valence-electron chi connectivity index (χ2n) is 6.98. The molecule has 1 aromatic carbocycles. The molecule has 4 rings (SSSR count). The predicted molar refractivity (Wildman–Crippen MR) is 98.3 cm³/mol. The van der Waals surface area contributed by atoms with Crippen molar-refractivity contribution in [1.29, 1.82) is 0 Å². The van der Waals surface area contributed by atoms with E-state index in [1.54, 1.807) is 4.90 Å². The lowest BCUT2D eigenvalue weighted by Gasteiger charge is -2.30. The number of rotatable bonds is 3. The fraction of sp³-hybridized carbons (Fsp3) is 0.500. The monoisotopic (exact) mass is 420 g/mol. The Morgan fingerprint density at radius 2 is 1.92 bits per heavy atom. The van der Waals surface area contributed by atoms with Crippen LogP contribution in [0.5, 0.6) is 0 Å². The average molecular weight is 421 g/mol. The molecule has 0 bridgehead atoms. The van der Waals surface area contributed by atoms with Gasteiger partial charge in [-0.2, -0.15) is 0 Å². The summed E-state index contributed by atoms with van der Waals surface area (Å²) in [6, 6.07) is 3.18. The van der Waals surface area contributed by atoms with Gasteiger partial charge in [0.2, 0.25) is 11.8 Å². The van der Waals surface area contributed by atoms with Gasteiger partial charge in [-0.3, -0.25) is 24.6 Å². The average Bonchev–Trinajstić information content (AvgIpc) is 2.95. The summed E-state index contributed by atoms with van der Waals surface area (Å²) in [5, 5.41) is 5.69. The third kappa shape index (κ3) is 3.17. The fourth-order valence-electron chi connectivity index (χ4n) is 3.94. The Kier molecular flexibility index (Phi) is 4.81. The van der Waals surface area contributed by atoms with Crippen molar-refractivity contribution in [2.75, 3.05) is 26.2 Å². The van der Waals surface area contributed by atoms with Crippen LogP contribution in [-0.4, -0.2) is 59.7 Å². The Balaban J connectivity index is 1.60. The highest BCUT2D eigenvalue weighted by molar-refractivity contribution is 9.10. The lowest BCUT2D eigenvalue weighted by molar-refractivity contribution is -0.136. The van der Waals surface area contributed by atoms with Crippen LogP contribution >= 0.6 is 15.9 Å². The zero-order valence-electron chi connectivity index (χ0n) is 14.4. The van der Waals surface area contributed by atoms with Crippen LogP contribution in [0.1, 0.15) is 34.3 Å². The molecule has 3 amide bonds. The first-order chi connectivity index (χ1) is 12.5. The molecule has 3 aliphatic rings. The van der Waals surface area contributed by atoms with Crippen LogP contribution in [0.2, 0.25) is 0 Å². The van der Waals surface area contributed by atoms with E-state index < -0.39 is 6.04 Å². The first-order valence-corrected chi connectivity index (χ1v) is 9.72. The van der Waals surface area contributed by atoms with E-state index in [0.717, 1.165) is 48.3 Å². The van der Waals surface area contributed by atoms with Crippen molar-refractivity contribution in [2.45, 2.75) is 32.0 Å². The molecular formula is C18H21BrN4O3. The summed E-state index contributed by atoms with van der Waals surface area (Å²) in [5.74, 6) is -0.758. The molecule has 1 atom stereocenters. The molecule has 0 radical (unpaired) electrons. The van der Waals surface area contributed by atoms with Gasteiger partial charge >= 0.3 is 0 Å². The summed E-state index contributed by atoms with van der Waals surface area (Å²) in [7, 11) is 0. The van der Waals surface area contributed by atoms with Crippen molar-refractivity contribution in [3.63, 3.8) is 0 Å². The van der Waals surface area contributed by atoms with Gasteiger partial charge in [-0.05, 0) is 29.7 Å². The highest BCUT2D eigenvalue weighted by Crippen LogP contribution is 2.34. The van der Waals surface area contributed by atoms with Gasteiger partial charge in [-0.1, -0.05) is 15.9 Å². The Labute approximate surface area is 160 Å². The van der Waals surface area contributed by atoms with Gasteiger partial charge < -0.3 is 10.2 Å². The minimum Gasteiger partial charge on any atom is -0.322 e. The molecule has 138 valence electrons. The van der Waals surface area contributed by atoms with E-state index in [-0.39, 0.29) is 24.1 Å². The summed E-state index contributed by atoms with van der Waals surface area (Å²) in [4.78, 5) is 40.5. The maximum atomic E-state index is 12.9. The number of fused-ring (bicyclic) bond motifs is 1. The van der Waals surface area contributed by atoms with Crippen molar-refractivity contribution < 1.29 is 14.4 Å². The normalized spacial score (nSPS) is 24.0. The second kappa shape index (κ2) is 7.09. The lowest BCUT2D eigenvalue weighted by Crippen LogP contribution is -2.52. The van der Waals surface area contributed by atoms with Gasteiger partial charge in [0.05, 0.1) is 0 Å². The number of nitrogens with zero attached hydrogens (tertiary/aromatic N) is 2. The minimum absolute atomic E-state index is 0.122. The van der Waals surface area contributed by atoms with E-state index in [2.05, 4.69) is 31.5 Å². The van der Waals surface area contributed by atoms with Crippen molar-refractivity contribution in [3.05, 3.63) is 33.3 Å². The van der Waals surface area contributed by atoms with Crippen molar-refractivity contribution in [1.82, 2.24) is 20.4 Å². The van der Waals surface area contributed by atoms with Crippen LogP contribution in [0.15, 0.2) is 16.6 Å². The van der Waals surface area contributed by atoms with Gasteiger partial charge in [-0.25, -0.2) is 0 Å². The Hall–Kier alpha value is -1.77. The molecule has 8 heteroatoms. The molecule has 26 heavy (non-hydrogen) atoms. The van der Waals surface area contributed by atoms with E-state index in [1.165, 1.54) is 0 Å². The van der Waals surface area contributed by atoms with E-state index >= 15 is 0 Å². The molecule has 3 aliphatic heterocycles. The summed E-state index contributed by atoms with van der Waals surface area (Å²) >= 11 is 3.64. The number of hydrogen-bond acceptors (Lipinski definition) is 5. The van der Waals surface area contributed by atoms with Gasteiger partial charge in [0.25, 0.3) is 5.91 Å². The quantitative estimate of drug-likeness (QED) is 0.700. The minimum atomic E-state index is -0.571. The number of nitrogens with one attached hydrogen (secondary N) is 2. The molecule has 1 aromatic rings. The molecule has 2 fully saturated rings. The molecular weight excluding hydrogens is 400 g/mol. The van der Waals surface area contributed by atoms with Gasteiger partial charge in [0, 0.05) is 55.7 Å². The highest BCUT2D eigenvalue weighted by atomic mass is 79.9. The van der Waals surface area contributed by atoms with Gasteiger partial charge in [-0.15, -0.1) is 0 Å². The van der Waals surface area contributed by atoms with E-state index in [0.29, 0.717) is 18.5 Å². The zero-order chi connectivity index (χ0) is 18.3.